The molecule has 0 N–H and O–H groups in total. The first-order valence-electron chi connectivity index (χ1n) is 8.31. The van der Waals surface area contributed by atoms with Gasteiger partial charge < -0.3 is 14.4 Å². The van der Waals surface area contributed by atoms with Crippen molar-refractivity contribution in [1.82, 2.24) is 14.9 Å². The summed E-state index contributed by atoms with van der Waals surface area (Å²) in [6.45, 7) is 5.40. The minimum Gasteiger partial charge on any atom is -0.382 e. The topological polar surface area (TPSA) is 64.5 Å². The zero-order valence-electron chi connectivity index (χ0n) is 14.8. The summed E-state index contributed by atoms with van der Waals surface area (Å²) in [6.07, 6.45) is 2.91. The molecule has 0 unspecified atom stereocenters. The van der Waals surface area contributed by atoms with Crippen molar-refractivity contribution in [2.75, 3.05) is 26.8 Å². The Kier molecular flexibility index (Phi) is 5.11. The summed E-state index contributed by atoms with van der Waals surface area (Å²) in [7, 11) is 1.63. The van der Waals surface area contributed by atoms with E-state index in [-0.39, 0.29) is 12.0 Å². The largest absolute Gasteiger partial charge is 0.382 e. The van der Waals surface area contributed by atoms with Gasteiger partial charge in [0.05, 0.1) is 29.6 Å². The van der Waals surface area contributed by atoms with Crippen molar-refractivity contribution in [2.45, 2.75) is 25.6 Å². The second kappa shape index (κ2) is 7.29. The molecule has 1 aromatic carbocycles. The van der Waals surface area contributed by atoms with Crippen molar-refractivity contribution in [3.63, 3.8) is 0 Å². The number of methoxy groups -OCH3 is 1. The number of rotatable bonds is 4. The van der Waals surface area contributed by atoms with Crippen LogP contribution >= 0.6 is 0 Å². The van der Waals surface area contributed by atoms with Crippen molar-refractivity contribution in [3.8, 4) is 11.3 Å². The maximum Gasteiger partial charge on any atom is 0.257 e. The van der Waals surface area contributed by atoms with Gasteiger partial charge in [-0.15, -0.1) is 0 Å². The Labute approximate surface area is 147 Å². The van der Waals surface area contributed by atoms with E-state index in [1.807, 2.05) is 44.2 Å². The molecule has 1 fully saturated rings. The molecule has 6 nitrogen and oxygen atoms in total. The van der Waals surface area contributed by atoms with Crippen LogP contribution in [0.15, 0.2) is 42.9 Å². The maximum atomic E-state index is 13.2. The number of carbonyl (C=O) groups is 1. The Morgan fingerprint density at radius 1 is 1.36 bits per heavy atom. The molecule has 2 heterocycles. The molecule has 1 aliphatic rings. The molecule has 2 aromatic rings. The van der Waals surface area contributed by atoms with Crippen LogP contribution < -0.4 is 0 Å². The van der Waals surface area contributed by atoms with Gasteiger partial charge in [-0.2, -0.15) is 0 Å². The van der Waals surface area contributed by atoms with Gasteiger partial charge in [-0.25, -0.2) is 9.97 Å². The van der Waals surface area contributed by atoms with E-state index in [4.69, 9.17) is 9.47 Å². The third-order valence-electron chi connectivity index (χ3n) is 4.11. The van der Waals surface area contributed by atoms with Crippen LogP contribution in [0, 0.1) is 0 Å². The average molecular weight is 341 g/mol. The van der Waals surface area contributed by atoms with Crippen molar-refractivity contribution in [2.24, 2.45) is 0 Å². The summed E-state index contributed by atoms with van der Waals surface area (Å²) in [5.74, 6) is -0.0862. The molecule has 1 amide bonds. The zero-order valence-corrected chi connectivity index (χ0v) is 14.8. The van der Waals surface area contributed by atoms with Crippen LogP contribution in [0.3, 0.4) is 0 Å². The first-order valence-corrected chi connectivity index (χ1v) is 8.31. The Morgan fingerprint density at radius 2 is 2.12 bits per heavy atom. The van der Waals surface area contributed by atoms with Crippen LogP contribution in [0.1, 0.15) is 24.2 Å². The molecule has 0 spiro atoms. The molecule has 0 bridgehead atoms. The highest BCUT2D eigenvalue weighted by Crippen LogP contribution is 2.26. The van der Waals surface area contributed by atoms with Crippen LogP contribution in [0.5, 0.6) is 0 Å². The number of ether oxygens (including phenoxy) is 2. The molecule has 3 rings (SSSR count). The van der Waals surface area contributed by atoms with Gasteiger partial charge in [-0.3, -0.25) is 4.79 Å². The van der Waals surface area contributed by atoms with Crippen LogP contribution in [0.2, 0.25) is 0 Å². The number of carbonyl (C=O) groups excluding carboxylic acids is 1. The Morgan fingerprint density at radius 3 is 2.84 bits per heavy atom. The molecule has 0 saturated carbocycles. The minimum absolute atomic E-state index is 0.0862. The standard InChI is InChI=1S/C19H23N3O3/c1-19(2)12-22(10-15(25-19)11-24-3)18(23)16-9-20-13-21-17(16)14-7-5-4-6-8-14/h4-9,13,15H,10-12H2,1-3H3/t15-/m0/s1. The van der Waals surface area contributed by atoms with Crippen LogP contribution in [-0.2, 0) is 9.47 Å². The van der Waals surface area contributed by atoms with Crippen LogP contribution in [0.25, 0.3) is 11.3 Å². The number of morpholine rings is 1. The van der Waals surface area contributed by atoms with E-state index in [0.717, 1.165) is 5.56 Å². The monoisotopic (exact) mass is 341 g/mol. The van der Waals surface area contributed by atoms with Gasteiger partial charge in [-0.05, 0) is 13.8 Å². The smallest absolute Gasteiger partial charge is 0.257 e. The van der Waals surface area contributed by atoms with E-state index >= 15 is 0 Å². The van der Waals surface area contributed by atoms with Gasteiger partial charge in [0, 0.05) is 32.0 Å². The third-order valence-corrected chi connectivity index (χ3v) is 4.11. The van der Waals surface area contributed by atoms with E-state index in [1.165, 1.54) is 6.33 Å². The predicted molar refractivity (Wildman–Crippen MR) is 94.2 cm³/mol. The van der Waals surface area contributed by atoms with Crippen molar-refractivity contribution in [3.05, 3.63) is 48.4 Å². The summed E-state index contributed by atoms with van der Waals surface area (Å²) >= 11 is 0. The summed E-state index contributed by atoms with van der Waals surface area (Å²) in [6, 6.07) is 9.68. The number of nitrogens with zero attached hydrogens (tertiary/aromatic N) is 3. The first kappa shape index (κ1) is 17.5. The summed E-state index contributed by atoms with van der Waals surface area (Å²) in [5.41, 5.74) is 1.62. The van der Waals surface area contributed by atoms with Gasteiger partial charge >= 0.3 is 0 Å². The Bertz CT molecular complexity index is 734. The molecule has 1 atom stereocenters. The normalized spacial score (nSPS) is 19.6. The SMILES string of the molecule is COC[C@@H]1CN(C(=O)c2cncnc2-c2ccccc2)CC(C)(C)O1. The lowest BCUT2D eigenvalue weighted by Crippen LogP contribution is -2.55. The number of aromatic nitrogens is 2. The van der Waals surface area contributed by atoms with Gasteiger partial charge in [-0.1, -0.05) is 30.3 Å². The lowest BCUT2D eigenvalue weighted by atomic mass is 10.0. The summed E-state index contributed by atoms with van der Waals surface area (Å²) in [4.78, 5) is 23.4. The Balaban J connectivity index is 1.91. The number of hydrogen-bond donors (Lipinski definition) is 0. The van der Waals surface area contributed by atoms with Crippen molar-refractivity contribution < 1.29 is 14.3 Å². The summed E-state index contributed by atoms with van der Waals surface area (Å²) < 4.78 is 11.2. The minimum atomic E-state index is -0.431. The van der Waals surface area contributed by atoms with E-state index in [2.05, 4.69) is 9.97 Å². The first-order chi connectivity index (χ1) is 12.0. The molecule has 6 heteroatoms. The van der Waals surface area contributed by atoms with Gasteiger partial charge in [0.2, 0.25) is 0 Å². The quantitative estimate of drug-likeness (QED) is 0.854. The average Bonchev–Trinajstić information content (AvgIpc) is 2.61. The van der Waals surface area contributed by atoms with E-state index in [0.29, 0.717) is 31.0 Å². The third kappa shape index (κ3) is 4.03. The number of benzene rings is 1. The van der Waals surface area contributed by atoms with E-state index in [1.54, 1.807) is 18.2 Å². The van der Waals surface area contributed by atoms with Gasteiger partial charge in [0.1, 0.15) is 6.33 Å². The second-order valence-corrected chi connectivity index (χ2v) is 6.79. The molecule has 1 saturated heterocycles. The second-order valence-electron chi connectivity index (χ2n) is 6.79. The maximum absolute atomic E-state index is 13.2. The van der Waals surface area contributed by atoms with Gasteiger partial charge in [0.15, 0.2) is 0 Å². The van der Waals surface area contributed by atoms with Crippen LogP contribution in [0.4, 0.5) is 0 Å². The van der Waals surface area contributed by atoms with E-state index in [9.17, 15) is 4.79 Å². The lowest BCUT2D eigenvalue weighted by molar-refractivity contribution is -0.143. The van der Waals surface area contributed by atoms with Crippen molar-refractivity contribution >= 4 is 5.91 Å². The van der Waals surface area contributed by atoms with Crippen LogP contribution in [-0.4, -0.2) is 59.3 Å². The highest BCUT2D eigenvalue weighted by Gasteiger charge is 2.36. The molecular formula is C19H23N3O3. The van der Waals surface area contributed by atoms with Crippen molar-refractivity contribution in [1.29, 1.82) is 0 Å². The molecule has 0 radical (unpaired) electrons. The highest BCUT2D eigenvalue weighted by molar-refractivity contribution is 5.99. The highest BCUT2D eigenvalue weighted by atomic mass is 16.5. The number of amides is 1. The van der Waals surface area contributed by atoms with Gasteiger partial charge in [0.25, 0.3) is 5.91 Å². The lowest BCUT2D eigenvalue weighted by Gasteiger charge is -2.42. The molecular weight excluding hydrogens is 318 g/mol. The molecule has 0 aliphatic carbocycles. The fourth-order valence-electron chi connectivity index (χ4n) is 3.21. The predicted octanol–water partition coefficient (Wildman–Crippen LogP) is 2.41. The fourth-order valence-corrected chi connectivity index (χ4v) is 3.21. The zero-order chi connectivity index (χ0) is 17.9. The fraction of sp³-hybridized carbons (Fsp3) is 0.421. The summed E-state index contributed by atoms with van der Waals surface area (Å²) in [5, 5.41) is 0. The number of hydrogen-bond acceptors (Lipinski definition) is 5. The molecule has 132 valence electrons. The Hall–Kier alpha value is -2.31. The molecule has 1 aromatic heterocycles. The van der Waals surface area contributed by atoms with E-state index < -0.39 is 5.60 Å². The molecule has 1 aliphatic heterocycles. The molecule has 25 heavy (non-hydrogen) atoms.